The second kappa shape index (κ2) is 64.4. The summed E-state index contributed by atoms with van der Waals surface area (Å²) in [5.74, 6) is -0.851. The molecule has 6 heteroatoms. The number of ether oxygens (including phenoxy) is 3. The first-order chi connectivity index (χ1) is 37.0. The average molecular weight is 1060 g/mol. The Balaban J connectivity index is 4.02. The molecule has 0 heterocycles. The number of carbonyl (C=O) groups is 3. The summed E-state index contributed by atoms with van der Waals surface area (Å²) in [5, 5.41) is 0. The van der Waals surface area contributed by atoms with Crippen LogP contribution >= 0.6 is 0 Å². The van der Waals surface area contributed by atoms with Gasteiger partial charge in [-0.2, -0.15) is 0 Å². The van der Waals surface area contributed by atoms with E-state index in [2.05, 4.69) is 45.1 Å². The molecule has 6 nitrogen and oxygen atoms in total. The number of carbonyl (C=O) groups excluding carboxylic acids is 3. The van der Waals surface area contributed by atoms with Gasteiger partial charge in [-0.05, 0) is 70.6 Å². The second-order valence-electron chi connectivity index (χ2n) is 23.1. The zero-order valence-electron chi connectivity index (χ0n) is 50.8. The zero-order valence-corrected chi connectivity index (χ0v) is 50.8. The first kappa shape index (κ1) is 72.9. The molecule has 0 aromatic carbocycles. The molecule has 0 aromatic heterocycles. The van der Waals surface area contributed by atoms with Crippen LogP contribution in [0.15, 0.2) is 24.3 Å². The normalized spacial score (nSPS) is 12.1. The molecular formula is C69H130O6. The summed E-state index contributed by atoms with van der Waals surface area (Å²) >= 11 is 0. The highest BCUT2D eigenvalue weighted by molar-refractivity contribution is 5.71. The highest BCUT2D eigenvalue weighted by Crippen LogP contribution is 2.18. The van der Waals surface area contributed by atoms with Crippen LogP contribution in [0.5, 0.6) is 0 Å². The summed E-state index contributed by atoms with van der Waals surface area (Å²) in [4.78, 5) is 38.1. The van der Waals surface area contributed by atoms with Crippen LogP contribution in [0.25, 0.3) is 0 Å². The van der Waals surface area contributed by atoms with E-state index in [4.69, 9.17) is 14.2 Å². The van der Waals surface area contributed by atoms with Gasteiger partial charge >= 0.3 is 17.9 Å². The van der Waals surface area contributed by atoms with Gasteiger partial charge in [-0.15, -0.1) is 0 Å². The number of allylic oxidation sites excluding steroid dienone is 4. The van der Waals surface area contributed by atoms with Crippen molar-refractivity contribution in [3.8, 4) is 0 Å². The topological polar surface area (TPSA) is 78.9 Å². The van der Waals surface area contributed by atoms with Gasteiger partial charge in [-0.1, -0.05) is 315 Å². The maximum Gasteiger partial charge on any atom is 0.306 e. The fraction of sp³-hybridized carbons (Fsp3) is 0.899. The molecule has 1 unspecified atom stereocenters. The number of hydrogen-bond donors (Lipinski definition) is 0. The fourth-order valence-corrected chi connectivity index (χ4v) is 10.3. The minimum absolute atomic E-state index is 0.0669. The van der Waals surface area contributed by atoms with E-state index in [0.29, 0.717) is 19.3 Å². The molecule has 0 radical (unpaired) electrons. The van der Waals surface area contributed by atoms with Gasteiger partial charge in [0.25, 0.3) is 0 Å². The Labute approximate surface area is 468 Å². The van der Waals surface area contributed by atoms with Crippen LogP contribution in [-0.2, 0) is 28.6 Å². The van der Waals surface area contributed by atoms with Crippen molar-refractivity contribution in [2.75, 3.05) is 13.2 Å². The summed E-state index contributed by atoms with van der Waals surface area (Å²) < 4.78 is 16.9. The predicted octanol–water partition coefficient (Wildman–Crippen LogP) is 23.0. The van der Waals surface area contributed by atoms with Gasteiger partial charge in [0.2, 0.25) is 0 Å². The van der Waals surface area contributed by atoms with Gasteiger partial charge < -0.3 is 14.2 Å². The minimum Gasteiger partial charge on any atom is -0.462 e. The predicted molar refractivity (Wildman–Crippen MR) is 326 cm³/mol. The Morgan fingerprint density at radius 2 is 0.440 bits per heavy atom. The lowest BCUT2D eigenvalue weighted by Crippen LogP contribution is -2.30. The van der Waals surface area contributed by atoms with Gasteiger partial charge in [0.15, 0.2) is 6.10 Å². The molecule has 0 aliphatic heterocycles. The quantitative estimate of drug-likeness (QED) is 0.0261. The maximum atomic E-state index is 12.9. The summed E-state index contributed by atoms with van der Waals surface area (Å²) in [6, 6.07) is 0. The van der Waals surface area contributed by atoms with Crippen LogP contribution in [0.4, 0.5) is 0 Å². The zero-order chi connectivity index (χ0) is 54.3. The molecule has 1 atom stereocenters. The Bertz CT molecular complexity index is 1210. The molecule has 0 aromatic rings. The summed E-state index contributed by atoms with van der Waals surface area (Å²) in [6.07, 6.45) is 78.1. The molecule has 0 bridgehead atoms. The fourth-order valence-electron chi connectivity index (χ4n) is 10.3. The summed E-state index contributed by atoms with van der Waals surface area (Å²) in [6.45, 7) is 6.66. The van der Waals surface area contributed by atoms with Crippen molar-refractivity contribution in [1.82, 2.24) is 0 Å². The monoisotopic (exact) mass is 1050 g/mol. The Morgan fingerprint density at radius 1 is 0.253 bits per heavy atom. The first-order valence-corrected chi connectivity index (χ1v) is 33.8. The minimum atomic E-state index is -0.767. The van der Waals surface area contributed by atoms with Crippen LogP contribution in [-0.4, -0.2) is 37.2 Å². The number of unbranched alkanes of at least 4 members (excludes halogenated alkanes) is 48. The Morgan fingerprint density at radius 3 is 0.667 bits per heavy atom. The maximum absolute atomic E-state index is 12.9. The van der Waals surface area contributed by atoms with Crippen molar-refractivity contribution in [2.45, 2.75) is 386 Å². The summed E-state index contributed by atoms with van der Waals surface area (Å²) in [5.41, 5.74) is 0. The SMILES string of the molecule is CCCCCCCCCC/C=C\CCCCCCCCCCCCCCCCCCCC(=O)OCC(COC(=O)CCCCCCCCC)OC(=O)CCCCCCCCCCC/C=C\CCCCCCCCCC. The van der Waals surface area contributed by atoms with Crippen LogP contribution in [0.3, 0.4) is 0 Å². The molecule has 0 spiro atoms. The Hall–Kier alpha value is -2.11. The van der Waals surface area contributed by atoms with E-state index in [1.807, 2.05) is 0 Å². The molecule has 0 amide bonds. The van der Waals surface area contributed by atoms with Crippen molar-refractivity contribution in [2.24, 2.45) is 0 Å². The van der Waals surface area contributed by atoms with E-state index >= 15 is 0 Å². The van der Waals surface area contributed by atoms with Crippen molar-refractivity contribution in [1.29, 1.82) is 0 Å². The van der Waals surface area contributed by atoms with Crippen molar-refractivity contribution in [3.05, 3.63) is 24.3 Å². The number of esters is 3. The van der Waals surface area contributed by atoms with E-state index in [1.54, 1.807) is 0 Å². The second-order valence-corrected chi connectivity index (χ2v) is 23.1. The van der Waals surface area contributed by atoms with Gasteiger partial charge in [0, 0.05) is 19.3 Å². The molecule has 0 aliphatic rings. The van der Waals surface area contributed by atoms with E-state index < -0.39 is 6.10 Å². The lowest BCUT2D eigenvalue weighted by atomic mass is 10.0. The van der Waals surface area contributed by atoms with Crippen molar-refractivity contribution in [3.63, 3.8) is 0 Å². The van der Waals surface area contributed by atoms with Crippen LogP contribution < -0.4 is 0 Å². The smallest absolute Gasteiger partial charge is 0.306 e. The summed E-state index contributed by atoms with van der Waals surface area (Å²) in [7, 11) is 0. The molecule has 0 aliphatic carbocycles. The molecular weight excluding hydrogens is 925 g/mol. The third kappa shape index (κ3) is 62.6. The largest absolute Gasteiger partial charge is 0.462 e. The molecule has 0 saturated heterocycles. The average Bonchev–Trinajstić information content (AvgIpc) is 3.41. The van der Waals surface area contributed by atoms with Crippen molar-refractivity contribution < 1.29 is 28.6 Å². The molecule has 0 N–H and O–H groups in total. The third-order valence-electron chi connectivity index (χ3n) is 15.4. The molecule has 442 valence electrons. The standard InChI is InChI=1S/C69H130O6/c1-4-7-10-13-16-18-20-22-24-26-28-30-31-32-33-34-35-36-37-39-40-42-44-46-48-50-53-56-59-62-68(71)74-65-66(64-73-67(70)61-58-55-52-15-12-9-6-3)75-69(72)63-60-57-54-51-49-47-45-43-41-38-29-27-25-23-21-19-17-14-11-8-5-2/h26-29,66H,4-25,30-65H2,1-3H3/b28-26-,29-27-. The molecule has 0 saturated carbocycles. The van der Waals surface area contributed by atoms with E-state index in [-0.39, 0.29) is 31.1 Å². The van der Waals surface area contributed by atoms with Gasteiger partial charge in [-0.25, -0.2) is 0 Å². The highest BCUT2D eigenvalue weighted by Gasteiger charge is 2.19. The first-order valence-electron chi connectivity index (χ1n) is 33.8. The molecule has 0 fully saturated rings. The van der Waals surface area contributed by atoms with E-state index in [9.17, 15) is 14.4 Å². The Kier molecular flexibility index (Phi) is 62.6. The molecule has 0 rings (SSSR count). The van der Waals surface area contributed by atoms with Gasteiger partial charge in [0.1, 0.15) is 13.2 Å². The lowest BCUT2D eigenvalue weighted by Gasteiger charge is -2.18. The van der Waals surface area contributed by atoms with E-state index in [0.717, 1.165) is 57.8 Å². The highest BCUT2D eigenvalue weighted by atomic mass is 16.6. The van der Waals surface area contributed by atoms with Crippen LogP contribution in [0.2, 0.25) is 0 Å². The van der Waals surface area contributed by atoms with E-state index in [1.165, 1.54) is 283 Å². The molecule has 75 heavy (non-hydrogen) atoms. The number of hydrogen-bond acceptors (Lipinski definition) is 6. The van der Waals surface area contributed by atoms with Crippen LogP contribution in [0, 0.1) is 0 Å². The third-order valence-corrected chi connectivity index (χ3v) is 15.4. The number of rotatable bonds is 63. The lowest BCUT2D eigenvalue weighted by molar-refractivity contribution is -0.167. The van der Waals surface area contributed by atoms with Crippen molar-refractivity contribution >= 4 is 17.9 Å². The van der Waals surface area contributed by atoms with Gasteiger partial charge in [-0.3, -0.25) is 14.4 Å². The van der Waals surface area contributed by atoms with Crippen LogP contribution in [0.1, 0.15) is 380 Å². The van der Waals surface area contributed by atoms with Gasteiger partial charge in [0.05, 0.1) is 0 Å².